The van der Waals surface area contributed by atoms with Crippen LogP contribution >= 0.6 is 0 Å². The molecule has 2 N–H and O–H groups in total. The second-order valence-electron chi connectivity index (χ2n) is 7.65. The molecule has 0 aliphatic carbocycles. The number of H-pyrrole nitrogens is 1. The molecule has 9 heteroatoms. The maximum absolute atomic E-state index is 15.0. The predicted octanol–water partition coefficient (Wildman–Crippen LogP) is 2.19. The summed E-state index contributed by atoms with van der Waals surface area (Å²) in [7, 11) is 1.42. The third-order valence-corrected chi connectivity index (χ3v) is 5.62. The zero-order chi connectivity index (χ0) is 22.1. The molecule has 0 bridgehead atoms. The molecule has 0 saturated carbocycles. The Morgan fingerprint density at radius 3 is 2.61 bits per heavy atom. The van der Waals surface area contributed by atoms with Crippen molar-refractivity contribution in [3.8, 4) is 0 Å². The van der Waals surface area contributed by atoms with Crippen molar-refractivity contribution in [2.24, 2.45) is 0 Å². The van der Waals surface area contributed by atoms with E-state index in [4.69, 9.17) is 0 Å². The molecule has 0 spiro atoms. The number of carbonyl (C=O) groups is 1. The second kappa shape index (κ2) is 8.43. The first-order valence-corrected chi connectivity index (χ1v) is 10.0. The highest BCUT2D eigenvalue weighted by Crippen LogP contribution is 2.22. The minimum absolute atomic E-state index is 0.226. The van der Waals surface area contributed by atoms with Gasteiger partial charge in [-0.1, -0.05) is 12.1 Å². The van der Waals surface area contributed by atoms with Gasteiger partial charge in [-0.05, 0) is 13.0 Å². The first-order chi connectivity index (χ1) is 14.9. The molecule has 1 aromatic carbocycles. The van der Waals surface area contributed by atoms with Crippen LogP contribution in [0.25, 0.3) is 10.9 Å². The number of carbonyl (C=O) groups excluding carboxylic acids is 1. The van der Waals surface area contributed by atoms with Crippen molar-refractivity contribution >= 4 is 22.5 Å². The van der Waals surface area contributed by atoms with Crippen molar-refractivity contribution in [3.63, 3.8) is 0 Å². The fourth-order valence-corrected chi connectivity index (χ4v) is 3.81. The molecule has 0 unspecified atom stereocenters. The minimum atomic E-state index is -0.665. The highest BCUT2D eigenvalue weighted by molar-refractivity contribution is 5.92. The van der Waals surface area contributed by atoms with Gasteiger partial charge < -0.3 is 15.2 Å². The van der Waals surface area contributed by atoms with E-state index in [9.17, 15) is 18.4 Å². The lowest BCUT2D eigenvalue weighted by Crippen LogP contribution is -2.46. The maximum atomic E-state index is 15.0. The topological polar surface area (TPSA) is 81.3 Å². The summed E-state index contributed by atoms with van der Waals surface area (Å²) in [6.07, 6.45) is 1.49. The summed E-state index contributed by atoms with van der Waals surface area (Å²) in [4.78, 5) is 34.1. The van der Waals surface area contributed by atoms with Crippen LogP contribution < -0.4 is 15.8 Å². The highest BCUT2D eigenvalue weighted by atomic mass is 19.1. The second-order valence-corrected chi connectivity index (χ2v) is 7.65. The zero-order valence-corrected chi connectivity index (χ0v) is 17.3. The number of fused-ring (bicyclic) bond motifs is 1. The summed E-state index contributed by atoms with van der Waals surface area (Å²) in [5.74, 6) is -1.64. The Morgan fingerprint density at radius 2 is 1.94 bits per heavy atom. The van der Waals surface area contributed by atoms with Crippen molar-refractivity contribution in [2.75, 3.05) is 38.1 Å². The molecule has 1 fully saturated rings. The maximum Gasteiger partial charge on any atom is 0.272 e. The van der Waals surface area contributed by atoms with Gasteiger partial charge in [0.15, 0.2) is 17.3 Å². The van der Waals surface area contributed by atoms with Gasteiger partial charge in [-0.15, -0.1) is 0 Å². The van der Waals surface area contributed by atoms with Gasteiger partial charge in [0, 0.05) is 62.4 Å². The fourth-order valence-electron chi connectivity index (χ4n) is 3.81. The minimum Gasteiger partial charge on any atom is -0.368 e. The van der Waals surface area contributed by atoms with Gasteiger partial charge in [-0.2, -0.15) is 0 Å². The summed E-state index contributed by atoms with van der Waals surface area (Å²) < 4.78 is 29.2. The van der Waals surface area contributed by atoms with Gasteiger partial charge in [0.25, 0.3) is 11.5 Å². The summed E-state index contributed by atoms with van der Waals surface area (Å²) in [6.45, 7) is 4.64. The molecular formula is C22H23F2N5O2. The van der Waals surface area contributed by atoms with Crippen LogP contribution in [-0.4, -0.2) is 54.0 Å². The number of piperazine rings is 1. The van der Waals surface area contributed by atoms with Gasteiger partial charge in [0.1, 0.15) is 0 Å². The van der Waals surface area contributed by atoms with E-state index in [0.29, 0.717) is 54.9 Å². The lowest BCUT2D eigenvalue weighted by atomic mass is 10.1. The van der Waals surface area contributed by atoms with Crippen LogP contribution in [0.5, 0.6) is 0 Å². The standard InChI is InChI=1S/C22H23F2N5O2/c1-13-9-14-3-4-15(18(24)19(14)27-21(13)30)12-28-5-7-29(8-6-28)16-10-17(23)20(26-11-16)22(31)25-2/h3-4,9-11H,5-8,12H2,1-2H3,(H,25,31)(H,27,30). The van der Waals surface area contributed by atoms with Crippen LogP contribution in [-0.2, 0) is 6.54 Å². The molecule has 4 rings (SSSR count). The van der Waals surface area contributed by atoms with E-state index in [1.165, 1.54) is 19.3 Å². The van der Waals surface area contributed by atoms with Crippen LogP contribution in [0.3, 0.4) is 0 Å². The quantitative estimate of drug-likeness (QED) is 0.667. The van der Waals surface area contributed by atoms with Crippen LogP contribution in [0.1, 0.15) is 21.6 Å². The Morgan fingerprint density at radius 1 is 1.19 bits per heavy atom. The number of hydrogen-bond acceptors (Lipinski definition) is 5. The molecule has 1 aliphatic rings. The fraction of sp³-hybridized carbons (Fsp3) is 0.318. The van der Waals surface area contributed by atoms with Gasteiger partial charge in [-0.3, -0.25) is 14.5 Å². The number of aryl methyl sites for hydroxylation is 1. The van der Waals surface area contributed by atoms with Crippen LogP contribution in [0, 0.1) is 18.6 Å². The molecule has 0 atom stereocenters. The van der Waals surface area contributed by atoms with E-state index in [2.05, 4.69) is 20.2 Å². The SMILES string of the molecule is CNC(=O)c1ncc(N2CCN(Cc3ccc4cc(C)c(=O)[nH]c4c3F)CC2)cc1F. The molecule has 162 valence electrons. The molecule has 1 saturated heterocycles. The number of pyridine rings is 2. The van der Waals surface area contributed by atoms with Crippen molar-refractivity contribution in [1.82, 2.24) is 20.2 Å². The zero-order valence-electron chi connectivity index (χ0n) is 17.3. The van der Waals surface area contributed by atoms with Crippen molar-refractivity contribution < 1.29 is 13.6 Å². The number of amides is 1. The van der Waals surface area contributed by atoms with E-state index in [-0.39, 0.29) is 16.8 Å². The number of aromatic amines is 1. The average molecular weight is 427 g/mol. The van der Waals surface area contributed by atoms with Crippen LogP contribution in [0.15, 0.2) is 35.3 Å². The molecule has 0 radical (unpaired) electrons. The number of nitrogens with zero attached hydrogens (tertiary/aromatic N) is 3. The predicted molar refractivity (Wildman–Crippen MR) is 114 cm³/mol. The van der Waals surface area contributed by atoms with E-state index in [1.54, 1.807) is 19.1 Å². The molecule has 31 heavy (non-hydrogen) atoms. The van der Waals surface area contributed by atoms with Gasteiger partial charge >= 0.3 is 0 Å². The van der Waals surface area contributed by atoms with Crippen molar-refractivity contribution in [1.29, 1.82) is 0 Å². The van der Waals surface area contributed by atoms with Crippen LogP contribution in [0.2, 0.25) is 0 Å². The first-order valence-electron chi connectivity index (χ1n) is 10.0. The third kappa shape index (κ3) is 4.13. The molecule has 7 nitrogen and oxygen atoms in total. The summed E-state index contributed by atoms with van der Waals surface area (Å²) in [5.41, 5.74) is 1.37. The number of hydrogen-bond donors (Lipinski definition) is 2. The Kier molecular flexibility index (Phi) is 5.69. The number of nitrogens with one attached hydrogen (secondary N) is 2. The first kappa shape index (κ1) is 20.9. The summed E-state index contributed by atoms with van der Waals surface area (Å²) in [5, 5.41) is 3.02. The van der Waals surface area contributed by atoms with E-state index in [1.807, 2.05) is 11.0 Å². The number of rotatable bonds is 4. The number of aromatic nitrogens is 2. The normalized spacial score (nSPS) is 14.8. The third-order valence-electron chi connectivity index (χ3n) is 5.62. The molecule has 3 heterocycles. The molecule has 1 amide bonds. The lowest BCUT2D eigenvalue weighted by molar-refractivity contribution is 0.0953. The Balaban J connectivity index is 1.44. The molecule has 1 aliphatic heterocycles. The van der Waals surface area contributed by atoms with E-state index in [0.717, 1.165) is 0 Å². The van der Waals surface area contributed by atoms with E-state index < -0.39 is 17.5 Å². The largest absolute Gasteiger partial charge is 0.368 e. The molecule has 2 aromatic heterocycles. The van der Waals surface area contributed by atoms with Gasteiger partial charge in [0.2, 0.25) is 0 Å². The number of anilines is 1. The smallest absolute Gasteiger partial charge is 0.272 e. The highest BCUT2D eigenvalue weighted by Gasteiger charge is 2.21. The van der Waals surface area contributed by atoms with Gasteiger partial charge in [0.05, 0.1) is 17.4 Å². The Labute approximate surface area is 177 Å². The number of benzene rings is 1. The monoisotopic (exact) mass is 427 g/mol. The Bertz CT molecular complexity index is 1200. The average Bonchev–Trinajstić information content (AvgIpc) is 2.77. The lowest BCUT2D eigenvalue weighted by Gasteiger charge is -2.36. The van der Waals surface area contributed by atoms with Gasteiger partial charge in [-0.25, -0.2) is 13.8 Å². The Hall–Kier alpha value is -3.33. The summed E-state index contributed by atoms with van der Waals surface area (Å²) in [6, 6.07) is 6.56. The van der Waals surface area contributed by atoms with Crippen molar-refractivity contribution in [2.45, 2.75) is 13.5 Å². The summed E-state index contributed by atoms with van der Waals surface area (Å²) >= 11 is 0. The number of halogens is 2. The molecular weight excluding hydrogens is 404 g/mol. The molecule has 3 aromatic rings. The van der Waals surface area contributed by atoms with Crippen molar-refractivity contribution in [3.05, 3.63) is 69.3 Å². The van der Waals surface area contributed by atoms with Crippen LogP contribution in [0.4, 0.5) is 14.5 Å². The van der Waals surface area contributed by atoms with E-state index >= 15 is 0 Å².